The SMILES string of the molecule is CC/C=C\C/C=C\C/C=C\C/C=C\C/C=C\C/C=C\C/C=C\C/C=C\CCCCCCCCC(=O)OCC(COC(=O)CCCCCCCCCCCC)OC(=O)CCCCCCCCCCCCCC. The first-order valence-electron chi connectivity index (χ1n) is 29.7. The van der Waals surface area contributed by atoms with Crippen molar-refractivity contribution in [3.63, 3.8) is 0 Å². The Morgan fingerprint density at radius 2 is 0.549 bits per heavy atom. The molecule has 0 aliphatic carbocycles. The highest BCUT2D eigenvalue weighted by Gasteiger charge is 2.19. The molecule has 71 heavy (non-hydrogen) atoms. The molecule has 0 aromatic rings. The van der Waals surface area contributed by atoms with Crippen LogP contribution in [-0.4, -0.2) is 37.2 Å². The zero-order valence-electron chi connectivity index (χ0n) is 46.5. The third kappa shape index (κ3) is 57.1. The minimum Gasteiger partial charge on any atom is -0.462 e. The molecule has 406 valence electrons. The van der Waals surface area contributed by atoms with E-state index in [9.17, 15) is 14.4 Å². The molecule has 0 spiro atoms. The zero-order valence-corrected chi connectivity index (χ0v) is 46.5. The first-order chi connectivity index (χ1) is 35.0. The minimum atomic E-state index is -0.779. The molecule has 0 radical (unpaired) electrons. The average Bonchev–Trinajstić information content (AvgIpc) is 3.37. The lowest BCUT2D eigenvalue weighted by molar-refractivity contribution is -0.167. The predicted octanol–water partition coefficient (Wildman–Crippen LogP) is 20.1. The Bertz CT molecular complexity index is 1410. The smallest absolute Gasteiger partial charge is 0.306 e. The molecule has 6 heteroatoms. The second-order valence-corrected chi connectivity index (χ2v) is 19.5. The molecule has 0 aromatic carbocycles. The van der Waals surface area contributed by atoms with E-state index >= 15 is 0 Å². The van der Waals surface area contributed by atoms with Gasteiger partial charge in [0.2, 0.25) is 0 Å². The molecule has 0 fully saturated rings. The van der Waals surface area contributed by atoms with Crippen molar-refractivity contribution in [2.24, 2.45) is 0 Å². The van der Waals surface area contributed by atoms with Gasteiger partial charge in [-0.3, -0.25) is 14.4 Å². The topological polar surface area (TPSA) is 78.9 Å². The van der Waals surface area contributed by atoms with Gasteiger partial charge in [0.25, 0.3) is 0 Å². The lowest BCUT2D eigenvalue weighted by Crippen LogP contribution is -2.30. The van der Waals surface area contributed by atoms with Gasteiger partial charge in [0, 0.05) is 19.3 Å². The number of rotatable bonds is 53. The van der Waals surface area contributed by atoms with Crippen molar-refractivity contribution in [1.82, 2.24) is 0 Å². The van der Waals surface area contributed by atoms with Gasteiger partial charge in [-0.2, -0.15) is 0 Å². The molecule has 0 amide bonds. The first-order valence-corrected chi connectivity index (χ1v) is 29.7. The largest absolute Gasteiger partial charge is 0.462 e. The van der Waals surface area contributed by atoms with Crippen LogP contribution in [0, 0.1) is 0 Å². The summed E-state index contributed by atoms with van der Waals surface area (Å²) in [6.45, 7) is 6.50. The van der Waals surface area contributed by atoms with E-state index in [0.29, 0.717) is 19.3 Å². The third-order valence-corrected chi connectivity index (χ3v) is 12.6. The molecule has 0 saturated carbocycles. The van der Waals surface area contributed by atoms with Crippen molar-refractivity contribution >= 4 is 17.9 Å². The summed E-state index contributed by atoms with van der Waals surface area (Å²) in [4.78, 5) is 38.0. The molecule has 1 atom stereocenters. The second kappa shape index (κ2) is 58.9. The van der Waals surface area contributed by atoms with Crippen molar-refractivity contribution in [3.05, 3.63) is 97.2 Å². The molecule has 0 N–H and O–H groups in total. The Labute approximate surface area is 438 Å². The number of esters is 3. The fraction of sp³-hybridized carbons (Fsp3) is 0.708. The summed E-state index contributed by atoms with van der Waals surface area (Å²) in [5.41, 5.74) is 0. The monoisotopic (exact) mass is 987 g/mol. The predicted molar refractivity (Wildman–Crippen MR) is 307 cm³/mol. The van der Waals surface area contributed by atoms with E-state index in [4.69, 9.17) is 14.2 Å². The van der Waals surface area contributed by atoms with Gasteiger partial charge < -0.3 is 14.2 Å². The van der Waals surface area contributed by atoms with E-state index in [1.165, 1.54) is 116 Å². The van der Waals surface area contributed by atoms with E-state index in [0.717, 1.165) is 122 Å². The van der Waals surface area contributed by atoms with Crippen LogP contribution in [0.2, 0.25) is 0 Å². The van der Waals surface area contributed by atoms with Crippen molar-refractivity contribution < 1.29 is 28.6 Å². The van der Waals surface area contributed by atoms with Crippen LogP contribution < -0.4 is 0 Å². The Kier molecular flexibility index (Phi) is 55.9. The molecule has 0 aliphatic rings. The van der Waals surface area contributed by atoms with Crippen LogP contribution in [0.5, 0.6) is 0 Å². The number of carbonyl (C=O) groups is 3. The maximum Gasteiger partial charge on any atom is 0.306 e. The fourth-order valence-electron chi connectivity index (χ4n) is 8.16. The van der Waals surface area contributed by atoms with Crippen LogP contribution in [0.25, 0.3) is 0 Å². The Balaban J connectivity index is 4.22. The fourth-order valence-corrected chi connectivity index (χ4v) is 8.16. The van der Waals surface area contributed by atoms with Crippen LogP contribution in [0.4, 0.5) is 0 Å². The van der Waals surface area contributed by atoms with Gasteiger partial charge in [0.15, 0.2) is 6.10 Å². The van der Waals surface area contributed by atoms with E-state index in [-0.39, 0.29) is 31.1 Å². The Morgan fingerprint density at radius 1 is 0.296 bits per heavy atom. The maximum absolute atomic E-state index is 12.8. The molecule has 0 aromatic heterocycles. The van der Waals surface area contributed by atoms with Crippen molar-refractivity contribution in [1.29, 1.82) is 0 Å². The molecule has 0 bridgehead atoms. The number of ether oxygens (including phenoxy) is 3. The van der Waals surface area contributed by atoms with Crippen LogP contribution in [0.3, 0.4) is 0 Å². The summed E-state index contributed by atoms with van der Waals surface area (Å²) in [5, 5.41) is 0. The zero-order chi connectivity index (χ0) is 51.4. The van der Waals surface area contributed by atoms with Crippen LogP contribution in [-0.2, 0) is 28.6 Å². The Hall–Kier alpha value is -3.67. The lowest BCUT2D eigenvalue weighted by Gasteiger charge is -2.18. The summed E-state index contributed by atoms with van der Waals surface area (Å²) in [6.07, 6.45) is 78.4. The quantitative estimate of drug-likeness (QED) is 0.0261. The van der Waals surface area contributed by atoms with Gasteiger partial charge in [-0.15, -0.1) is 0 Å². The number of hydrogen-bond acceptors (Lipinski definition) is 6. The standard InChI is InChI=1S/C65H110O6/c1-4-7-10-13-16-19-22-24-25-26-27-28-29-30-31-32-33-34-35-36-37-38-39-40-41-42-44-46-49-52-55-58-64(67)70-61-62(60-69-63(66)57-54-51-48-45-21-18-15-12-9-6-3)71-65(68)59-56-53-50-47-43-23-20-17-14-11-8-5-2/h7,10,16,19,24-25,27-28,30-31,33-34,36-37,39-40,62H,4-6,8-9,11-15,17-18,20-23,26,29,32,35,38,41-61H2,1-3H3/b10-7-,19-16-,25-24-,28-27-,31-30-,34-33-,37-36-,40-39-. The number of allylic oxidation sites excluding steroid dienone is 16. The highest BCUT2D eigenvalue weighted by Crippen LogP contribution is 2.15. The molecule has 6 nitrogen and oxygen atoms in total. The van der Waals surface area contributed by atoms with E-state index in [1.807, 2.05) is 0 Å². The van der Waals surface area contributed by atoms with Crippen molar-refractivity contribution in [2.45, 2.75) is 284 Å². The molecule has 1 unspecified atom stereocenters. The summed E-state index contributed by atoms with van der Waals surface area (Å²) in [7, 11) is 0. The van der Waals surface area contributed by atoms with Gasteiger partial charge in [-0.1, -0.05) is 272 Å². The number of hydrogen-bond donors (Lipinski definition) is 0. The normalized spacial score (nSPS) is 12.8. The summed E-state index contributed by atoms with van der Waals surface area (Å²) < 4.78 is 16.8. The third-order valence-electron chi connectivity index (χ3n) is 12.6. The van der Waals surface area contributed by atoms with Gasteiger partial charge in [-0.05, 0) is 83.5 Å². The molecule has 0 rings (SSSR count). The van der Waals surface area contributed by atoms with Gasteiger partial charge in [0.05, 0.1) is 0 Å². The highest BCUT2D eigenvalue weighted by molar-refractivity contribution is 5.71. The van der Waals surface area contributed by atoms with Gasteiger partial charge in [-0.25, -0.2) is 0 Å². The molecular weight excluding hydrogens is 877 g/mol. The summed E-state index contributed by atoms with van der Waals surface area (Å²) in [6, 6.07) is 0. The minimum absolute atomic E-state index is 0.0784. The van der Waals surface area contributed by atoms with E-state index < -0.39 is 6.10 Å². The number of carbonyl (C=O) groups excluding carboxylic acids is 3. The molecule has 0 heterocycles. The van der Waals surface area contributed by atoms with Crippen molar-refractivity contribution in [3.8, 4) is 0 Å². The second-order valence-electron chi connectivity index (χ2n) is 19.5. The van der Waals surface area contributed by atoms with Gasteiger partial charge in [0.1, 0.15) is 13.2 Å². The molecular formula is C65H110O6. The van der Waals surface area contributed by atoms with Crippen molar-refractivity contribution in [2.75, 3.05) is 13.2 Å². The maximum atomic E-state index is 12.8. The van der Waals surface area contributed by atoms with Crippen LogP contribution in [0.1, 0.15) is 278 Å². The van der Waals surface area contributed by atoms with Crippen LogP contribution in [0.15, 0.2) is 97.2 Å². The molecule has 0 saturated heterocycles. The summed E-state index contributed by atoms with van der Waals surface area (Å²) >= 11 is 0. The lowest BCUT2D eigenvalue weighted by atomic mass is 10.0. The highest BCUT2D eigenvalue weighted by atomic mass is 16.6. The van der Waals surface area contributed by atoms with Gasteiger partial charge >= 0.3 is 17.9 Å². The Morgan fingerprint density at radius 3 is 0.859 bits per heavy atom. The first kappa shape index (κ1) is 67.3. The average molecular weight is 988 g/mol. The van der Waals surface area contributed by atoms with E-state index in [1.54, 1.807) is 0 Å². The van der Waals surface area contributed by atoms with E-state index in [2.05, 4.69) is 118 Å². The summed E-state index contributed by atoms with van der Waals surface area (Å²) in [5.74, 6) is -0.890. The van der Waals surface area contributed by atoms with Crippen LogP contribution >= 0.6 is 0 Å². The number of unbranched alkanes of at least 4 members (excludes halogenated alkanes) is 26. The molecule has 0 aliphatic heterocycles.